The highest BCUT2D eigenvalue weighted by atomic mass is 35.5. The minimum Gasteiger partial charge on any atom is -0.326 e. The van der Waals surface area contributed by atoms with Crippen LogP contribution in [-0.2, 0) is 18.3 Å². The number of hydrogen-bond donors (Lipinski definition) is 1. The highest BCUT2D eigenvalue weighted by Gasteiger charge is 2.06. The van der Waals surface area contributed by atoms with E-state index in [0.29, 0.717) is 17.9 Å². The second-order valence-electron chi connectivity index (χ2n) is 5.53. The molecule has 0 aliphatic carbocycles. The molecule has 25 heavy (non-hydrogen) atoms. The van der Waals surface area contributed by atoms with Gasteiger partial charge in [-0.15, -0.1) is 10.2 Å². The van der Waals surface area contributed by atoms with Gasteiger partial charge in [0.2, 0.25) is 5.91 Å². The highest BCUT2D eigenvalue weighted by molar-refractivity contribution is 7.99. The van der Waals surface area contributed by atoms with E-state index in [0.717, 1.165) is 21.3 Å². The van der Waals surface area contributed by atoms with Crippen molar-refractivity contribution < 1.29 is 4.79 Å². The van der Waals surface area contributed by atoms with Crippen LogP contribution >= 0.6 is 23.4 Å². The third-order valence-electron chi connectivity index (χ3n) is 3.55. The molecule has 0 saturated heterocycles. The highest BCUT2D eigenvalue weighted by Crippen LogP contribution is 2.26. The van der Waals surface area contributed by atoms with Crippen LogP contribution in [0.2, 0.25) is 5.02 Å². The van der Waals surface area contributed by atoms with Gasteiger partial charge in [-0.1, -0.05) is 23.7 Å². The molecule has 7 heteroatoms. The molecule has 1 heterocycles. The maximum Gasteiger partial charge on any atom is 0.224 e. The summed E-state index contributed by atoms with van der Waals surface area (Å²) in [5.74, 6) is -0.0197. The van der Waals surface area contributed by atoms with E-state index < -0.39 is 0 Å². The monoisotopic (exact) mass is 372 g/mol. The van der Waals surface area contributed by atoms with E-state index >= 15 is 0 Å². The molecular weight excluding hydrogens is 356 g/mol. The lowest BCUT2D eigenvalue weighted by Crippen LogP contribution is -2.12. The molecule has 2 aromatic carbocycles. The summed E-state index contributed by atoms with van der Waals surface area (Å²) in [6.07, 6.45) is 2.74. The van der Waals surface area contributed by atoms with Crippen molar-refractivity contribution in [3.05, 3.63) is 65.4 Å². The van der Waals surface area contributed by atoms with Crippen molar-refractivity contribution in [1.82, 2.24) is 14.8 Å². The Hall–Kier alpha value is -2.31. The van der Waals surface area contributed by atoms with Crippen molar-refractivity contribution in [3.63, 3.8) is 0 Å². The van der Waals surface area contributed by atoms with Crippen LogP contribution in [0.4, 0.5) is 5.69 Å². The van der Waals surface area contributed by atoms with Gasteiger partial charge >= 0.3 is 0 Å². The van der Waals surface area contributed by atoms with E-state index in [1.807, 2.05) is 60.1 Å². The molecule has 0 unspecified atom stereocenters. The third kappa shape index (κ3) is 5.08. The zero-order chi connectivity index (χ0) is 17.6. The Labute approximate surface area is 155 Å². The van der Waals surface area contributed by atoms with E-state index in [2.05, 4.69) is 15.5 Å². The van der Waals surface area contributed by atoms with Gasteiger partial charge in [-0.2, -0.15) is 0 Å². The van der Waals surface area contributed by atoms with Gasteiger partial charge in [-0.3, -0.25) is 4.79 Å². The minimum atomic E-state index is -0.0197. The summed E-state index contributed by atoms with van der Waals surface area (Å²) in [4.78, 5) is 13.1. The van der Waals surface area contributed by atoms with Gasteiger partial charge in [0, 0.05) is 29.1 Å². The molecule has 5 nitrogen and oxygen atoms in total. The summed E-state index contributed by atoms with van der Waals surface area (Å²) in [7, 11) is 1.90. The molecular formula is C18H17ClN4OS. The van der Waals surface area contributed by atoms with Crippen LogP contribution in [-0.4, -0.2) is 20.7 Å². The zero-order valence-corrected chi connectivity index (χ0v) is 15.2. The van der Waals surface area contributed by atoms with Gasteiger partial charge in [-0.25, -0.2) is 0 Å². The summed E-state index contributed by atoms with van der Waals surface area (Å²) in [5, 5.41) is 12.3. The maximum absolute atomic E-state index is 12.1. The first-order valence-electron chi connectivity index (χ1n) is 7.76. The Kier molecular flexibility index (Phi) is 5.73. The second-order valence-corrected chi connectivity index (χ2v) is 7.01. The zero-order valence-electron chi connectivity index (χ0n) is 13.6. The number of carbonyl (C=O) groups excluding carboxylic acids is 1. The molecule has 1 N–H and O–H groups in total. The summed E-state index contributed by atoms with van der Waals surface area (Å²) in [5.41, 5.74) is 1.83. The average molecular weight is 373 g/mol. The first kappa shape index (κ1) is 17.5. The first-order chi connectivity index (χ1) is 12.1. The Balaban J connectivity index is 1.52. The summed E-state index contributed by atoms with van der Waals surface area (Å²) >= 11 is 7.47. The van der Waals surface area contributed by atoms with Crippen LogP contribution < -0.4 is 5.32 Å². The van der Waals surface area contributed by atoms with Crippen LogP contribution in [0.3, 0.4) is 0 Å². The van der Waals surface area contributed by atoms with Gasteiger partial charge in [0.25, 0.3) is 0 Å². The number of benzene rings is 2. The van der Waals surface area contributed by atoms with Gasteiger partial charge in [0.1, 0.15) is 6.33 Å². The van der Waals surface area contributed by atoms with E-state index in [1.165, 1.54) is 11.8 Å². The number of nitrogens with zero attached hydrogens (tertiary/aromatic N) is 3. The lowest BCUT2D eigenvalue weighted by molar-refractivity contribution is -0.116. The standard InChI is InChI=1S/C18H17ClN4OS/c1-23-12-20-22-18(23)25-16-8-6-15(7-9-16)21-17(24)10-5-13-3-2-4-14(19)11-13/h2-4,6-9,11-12H,5,10H2,1H3,(H,21,24). The maximum atomic E-state index is 12.1. The predicted octanol–water partition coefficient (Wildman–Crippen LogP) is 4.19. The lowest BCUT2D eigenvalue weighted by Gasteiger charge is -2.07. The Morgan fingerprint density at radius 2 is 2.04 bits per heavy atom. The van der Waals surface area contributed by atoms with Crippen molar-refractivity contribution in [2.24, 2.45) is 7.05 Å². The first-order valence-corrected chi connectivity index (χ1v) is 8.96. The molecule has 0 bridgehead atoms. The number of carbonyl (C=O) groups is 1. The molecule has 3 aromatic rings. The fraction of sp³-hybridized carbons (Fsp3) is 0.167. The fourth-order valence-electron chi connectivity index (χ4n) is 2.25. The topological polar surface area (TPSA) is 59.8 Å². The summed E-state index contributed by atoms with van der Waals surface area (Å²) < 4.78 is 1.86. The van der Waals surface area contributed by atoms with Crippen molar-refractivity contribution in [2.75, 3.05) is 5.32 Å². The quantitative estimate of drug-likeness (QED) is 0.704. The molecule has 1 aromatic heterocycles. The SMILES string of the molecule is Cn1cnnc1Sc1ccc(NC(=O)CCc2cccc(Cl)c2)cc1. The van der Waals surface area contributed by atoms with E-state index in [1.54, 1.807) is 6.33 Å². The Bertz CT molecular complexity index is 864. The summed E-state index contributed by atoms with van der Waals surface area (Å²) in [6, 6.07) is 15.2. The summed E-state index contributed by atoms with van der Waals surface area (Å²) in [6.45, 7) is 0. The number of aryl methyl sites for hydroxylation is 2. The average Bonchev–Trinajstić information content (AvgIpc) is 3.00. The van der Waals surface area contributed by atoms with Gasteiger partial charge in [0.05, 0.1) is 0 Å². The minimum absolute atomic E-state index is 0.0197. The lowest BCUT2D eigenvalue weighted by atomic mass is 10.1. The molecule has 0 spiro atoms. The number of aromatic nitrogens is 3. The molecule has 0 radical (unpaired) electrons. The number of anilines is 1. The van der Waals surface area contributed by atoms with Crippen molar-refractivity contribution in [2.45, 2.75) is 22.9 Å². The molecule has 0 aliphatic heterocycles. The molecule has 0 atom stereocenters. The van der Waals surface area contributed by atoms with Crippen LogP contribution in [0, 0.1) is 0 Å². The Morgan fingerprint density at radius 3 is 2.72 bits per heavy atom. The largest absolute Gasteiger partial charge is 0.326 e. The number of halogens is 1. The fourth-order valence-corrected chi connectivity index (χ4v) is 3.23. The van der Waals surface area contributed by atoms with Gasteiger partial charge in [-0.05, 0) is 60.1 Å². The number of hydrogen-bond acceptors (Lipinski definition) is 4. The number of rotatable bonds is 6. The van der Waals surface area contributed by atoms with E-state index in [-0.39, 0.29) is 5.91 Å². The normalized spacial score (nSPS) is 10.6. The van der Waals surface area contributed by atoms with Crippen molar-refractivity contribution >= 4 is 35.0 Å². The predicted molar refractivity (Wildman–Crippen MR) is 100.0 cm³/mol. The molecule has 0 saturated carbocycles. The smallest absolute Gasteiger partial charge is 0.224 e. The van der Waals surface area contributed by atoms with Gasteiger partial charge in [0.15, 0.2) is 5.16 Å². The molecule has 0 aliphatic rings. The van der Waals surface area contributed by atoms with Crippen molar-refractivity contribution in [3.8, 4) is 0 Å². The van der Waals surface area contributed by atoms with Crippen LogP contribution in [0.1, 0.15) is 12.0 Å². The van der Waals surface area contributed by atoms with Crippen LogP contribution in [0.25, 0.3) is 0 Å². The Morgan fingerprint density at radius 1 is 1.24 bits per heavy atom. The third-order valence-corrected chi connectivity index (χ3v) is 4.84. The molecule has 1 amide bonds. The molecule has 0 fully saturated rings. The molecule has 3 rings (SSSR count). The van der Waals surface area contributed by atoms with Crippen LogP contribution in [0.5, 0.6) is 0 Å². The van der Waals surface area contributed by atoms with E-state index in [9.17, 15) is 4.79 Å². The number of amides is 1. The van der Waals surface area contributed by atoms with Crippen LogP contribution in [0.15, 0.2) is 64.9 Å². The van der Waals surface area contributed by atoms with E-state index in [4.69, 9.17) is 11.6 Å². The molecule has 128 valence electrons. The van der Waals surface area contributed by atoms with Crippen molar-refractivity contribution in [1.29, 1.82) is 0 Å². The number of nitrogens with one attached hydrogen (secondary N) is 1. The second kappa shape index (κ2) is 8.18. The van der Waals surface area contributed by atoms with Gasteiger partial charge < -0.3 is 9.88 Å².